The molecular weight excluding hydrogens is 649 g/mol. The number of carbonyl (C=O) groups excluding carboxylic acids is 3. The highest BCUT2D eigenvalue weighted by atomic mass is 32.1. The van der Waals surface area contributed by atoms with Gasteiger partial charge in [0.25, 0.3) is 0 Å². The molecule has 9 nitrogen and oxygen atoms in total. The van der Waals surface area contributed by atoms with Crippen LogP contribution in [0.3, 0.4) is 0 Å². The number of rotatable bonds is 37. The van der Waals surface area contributed by atoms with Crippen LogP contribution in [-0.2, 0) is 9.59 Å². The number of aliphatic hydroxyl groups is 2. The van der Waals surface area contributed by atoms with Crippen molar-refractivity contribution in [1.82, 2.24) is 19.8 Å². The smallest absolute Gasteiger partial charge is 0.327 e. The fraction of sp³-hybridized carbons (Fsp3) is 0.925. The van der Waals surface area contributed by atoms with Crippen molar-refractivity contribution in [3.63, 3.8) is 0 Å². The zero-order valence-corrected chi connectivity index (χ0v) is 33.5. The summed E-state index contributed by atoms with van der Waals surface area (Å²) in [5, 5.41) is 23.8. The molecule has 296 valence electrons. The lowest BCUT2D eigenvalue weighted by Gasteiger charge is -2.23. The Morgan fingerprint density at radius 1 is 0.560 bits per heavy atom. The number of aliphatic hydroxyl groups excluding tert-OH is 2. The highest BCUT2D eigenvalue weighted by Crippen LogP contribution is 2.15. The second-order valence-corrected chi connectivity index (χ2v) is 14.8. The molecule has 0 aromatic carbocycles. The van der Waals surface area contributed by atoms with Gasteiger partial charge in [0.15, 0.2) is 0 Å². The topological polar surface area (TPSA) is 122 Å². The van der Waals surface area contributed by atoms with Crippen molar-refractivity contribution in [1.29, 1.82) is 0 Å². The van der Waals surface area contributed by atoms with Crippen LogP contribution >= 0.6 is 12.8 Å². The lowest BCUT2D eigenvalue weighted by molar-refractivity contribution is -0.133. The largest absolute Gasteiger partial charge is 0.394 e. The van der Waals surface area contributed by atoms with Gasteiger partial charge >= 0.3 is 6.03 Å². The summed E-state index contributed by atoms with van der Waals surface area (Å²) in [4.78, 5) is 39.8. The van der Waals surface area contributed by atoms with Crippen LogP contribution in [0.2, 0.25) is 0 Å². The molecule has 0 radical (unpaired) electrons. The van der Waals surface area contributed by atoms with Gasteiger partial charge in [-0.15, -0.1) is 0 Å². The second kappa shape index (κ2) is 37.2. The molecule has 10 heteroatoms. The maximum absolute atomic E-state index is 13.2. The number of thiol groups is 1. The van der Waals surface area contributed by atoms with Crippen LogP contribution < -0.4 is 10.6 Å². The maximum atomic E-state index is 13.2. The van der Waals surface area contributed by atoms with E-state index < -0.39 is 6.10 Å². The van der Waals surface area contributed by atoms with E-state index in [4.69, 9.17) is 5.11 Å². The molecule has 1 unspecified atom stereocenters. The number of amides is 4. The molecule has 0 spiro atoms. The number of nitrogens with one attached hydrogen (secondary N) is 2. The van der Waals surface area contributed by atoms with E-state index >= 15 is 0 Å². The molecule has 4 amide bonds. The fourth-order valence-corrected chi connectivity index (χ4v) is 6.46. The molecule has 0 aromatic heterocycles. The Bertz CT molecular complexity index is 763. The Morgan fingerprint density at radius 3 is 1.38 bits per heavy atom. The van der Waals surface area contributed by atoms with Gasteiger partial charge in [0.05, 0.1) is 12.7 Å². The fourth-order valence-electron chi connectivity index (χ4n) is 6.25. The molecule has 0 aliphatic carbocycles. The molecule has 0 aliphatic heterocycles. The number of unbranched alkanes of at least 4 members (excludes halogenated alkanes) is 22. The van der Waals surface area contributed by atoms with E-state index in [1.54, 1.807) is 0 Å². The number of hydrogen-bond donors (Lipinski definition) is 5. The van der Waals surface area contributed by atoms with E-state index in [1.165, 1.54) is 133 Å². The van der Waals surface area contributed by atoms with Crippen molar-refractivity contribution in [3.8, 4) is 0 Å². The average molecular weight is 729 g/mol. The summed E-state index contributed by atoms with van der Waals surface area (Å²) in [7, 11) is 0. The summed E-state index contributed by atoms with van der Waals surface area (Å²) in [6.45, 7) is 6.63. The van der Waals surface area contributed by atoms with Crippen LogP contribution in [0, 0.1) is 0 Å². The van der Waals surface area contributed by atoms with E-state index in [2.05, 4.69) is 37.3 Å². The second-order valence-electron chi connectivity index (χ2n) is 14.3. The highest BCUT2D eigenvalue weighted by Gasteiger charge is 2.15. The lowest BCUT2D eigenvalue weighted by atomic mass is 10.0. The van der Waals surface area contributed by atoms with Crippen molar-refractivity contribution >= 4 is 30.7 Å². The average Bonchev–Trinajstić information content (AvgIpc) is 3.11. The van der Waals surface area contributed by atoms with Crippen molar-refractivity contribution in [2.24, 2.45) is 0 Å². The van der Waals surface area contributed by atoms with Crippen LogP contribution in [-0.4, -0.2) is 82.7 Å². The van der Waals surface area contributed by atoms with Gasteiger partial charge in [-0.1, -0.05) is 168 Å². The molecule has 1 atom stereocenters. The van der Waals surface area contributed by atoms with E-state index in [-0.39, 0.29) is 50.4 Å². The standard InChI is InChI=1S/C40H80N4O5S/c1-3-5-7-9-11-13-15-17-19-21-23-25-33-43(34-26-24-22-20-18-16-14-12-10-8-6-4-2)39(48)30-29-38(47)41-31-32-42-40(49)44(50)35-27-28-37(46)36-45/h37,45-46,50H,3-36H2,1-2H3,(H,41,47)(H,42,49). The minimum Gasteiger partial charge on any atom is -0.394 e. The number of carbonyl (C=O) groups is 3. The Labute approximate surface area is 313 Å². The summed E-state index contributed by atoms with van der Waals surface area (Å²) < 4.78 is 1.21. The van der Waals surface area contributed by atoms with E-state index in [1.807, 2.05) is 4.90 Å². The monoisotopic (exact) mass is 729 g/mol. The van der Waals surface area contributed by atoms with Crippen molar-refractivity contribution in [3.05, 3.63) is 0 Å². The molecule has 0 aliphatic rings. The quantitative estimate of drug-likeness (QED) is 0.0323. The maximum Gasteiger partial charge on any atom is 0.327 e. The van der Waals surface area contributed by atoms with Crippen LogP contribution in [0.4, 0.5) is 4.79 Å². The van der Waals surface area contributed by atoms with E-state index in [0.29, 0.717) is 19.4 Å². The molecule has 0 saturated heterocycles. The summed E-state index contributed by atoms with van der Waals surface area (Å²) in [6.07, 6.45) is 31.5. The number of urea groups is 1. The third-order valence-electron chi connectivity index (χ3n) is 9.56. The molecule has 0 fully saturated rings. The van der Waals surface area contributed by atoms with Gasteiger partial charge in [-0.05, 0) is 25.7 Å². The van der Waals surface area contributed by atoms with Gasteiger partial charge in [0.2, 0.25) is 11.8 Å². The van der Waals surface area contributed by atoms with Gasteiger partial charge in [0.1, 0.15) is 0 Å². The molecule has 0 heterocycles. The van der Waals surface area contributed by atoms with Crippen LogP contribution in [0.1, 0.15) is 194 Å². The SMILES string of the molecule is CCCCCCCCCCCCCCN(CCCCCCCCCCCCCC)C(=O)CCC(=O)NCCNC(=O)N(S)CCCC(O)CO. The van der Waals surface area contributed by atoms with Crippen molar-refractivity contribution in [2.45, 2.75) is 200 Å². The van der Waals surface area contributed by atoms with E-state index in [9.17, 15) is 19.5 Å². The zero-order chi connectivity index (χ0) is 36.9. The van der Waals surface area contributed by atoms with Gasteiger partial charge in [-0.3, -0.25) is 13.9 Å². The number of hydrogen-bond acceptors (Lipinski definition) is 6. The molecule has 0 saturated carbocycles. The van der Waals surface area contributed by atoms with Gasteiger partial charge in [-0.25, -0.2) is 4.79 Å². The number of nitrogens with zero attached hydrogens (tertiary/aromatic N) is 2. The van der Waals surface area contributed by atoms with Crippen LogP contribution in [0.25, 0.3) is 0 Å². The van der Waals surface area contributed by atoms with Gasteiger partial charge in [-0.2, -0.15) is 0 Å². The first-order valence-corrected chi connectivity index (χ1v) is 21.3. The highest BCUT2D eigenvalue weighted by molar-refractivity contribution is 7.78. The molecule has 4 N–H and O–H groups in total. The van der Waals surface area contributed by atoms with Crippen LogP contribution in [0.5, 0.6) is 0 Å². The van der Waals surface area contributed by atoms with Crippen LogP contribution in [0.15, 0.2) is 0 Å². The van der Waals surface area contributed by atoms with Crippen molar-refractivity contribution in [2.75, 3.05) is 39.3 Å². The third-order valence-corrected chi connectivity index (χ3v) is 9.94. The molecular formula is C40H80N4O5S. The summed E-state index contributed by atoms with van der Waals surface area (Å²) in [5.41, 5.74) is 0. The molecule has 50 heavy (non-hydrogen) atoms. The Hall–Kier alpha value is -1.52. The Balaban J connectivity index is 4.36. The van der Waals surface area contributed by atoms with Gasteiger partial charge < -0.3 is 25.7 Å². The first-order chi connectivity index (χ1) is 24.3. The molecule has 0 bridgehead atoms. The summed E-state index contributed by atoms with van der Waals surface area (Å²) in [6, 6.07) is -0.387. The summed E-state index contributed by atoms with van der Waals surface area (Å²) in [5.74, 6) is -0.124. The third kappa shape index (κ3) is 32.4. The minimum absolute atomic E-state index is 0.0663. The molecule has 0 aromatic rings. The van der Waals surface area contributed by atoms with Crippen molar-refractivity contribution < 1.29 is 24.6 Å². The first kappa shape index (κ1) is 48.5. The Morgan fingerprint density at radius 2 is 0.960 bits per heavy atom. The molecule has 0 rings (SSSR count). The van der Waals surface area contributed by atoms with Gasteiger partial charge in [0, 0.05) is 45.6 Å². The Kier molecular flexibility index (Phi) is 36.1. The predicted molar refractivity (Wildman–Crippen MR) is 212 cm³/mol. The normalized spacial score (nSPS) is 11.8. The lowest BCUT2D eigenvalue weighted by Crippen LogP contribution is -2.40. The van der Waals surface area contributed by atoms with E-state index in [0.717, 1.165) is 38.8 Å². The predicted octanol–water partition coefficient (Wildman–Crippen LogP) is 9.10. The summed E-state index contributed by atoms with van der Waals surface area (Å²) >= 11 is 4.15. The minimum atomic E-state index is -0.794. The first-order valence-electron chi connectivity index (χ1n) is 20.9. The zero-order valence-electron chi connectivity index (χ0n) is 32.6.